The molecular formula is C55H74OSi. The van der Waals surface area contributed by atoms with Crippen molar-refractivity contribution in [3.63, 3.8) is 0 Å². The Morgan fingerprint density at radius 1 is 0.614 bits per heavy atom. The average Bonchev–Trinajstić information content (AvgIpc) is 3.71. The van der Waals surface area contributed by atoms with E-state index in [-0.39, 0.29) is 16.4 Å². The summed E-state index contributed by atoms with van der Waals surface area (Å²) in [4.78, 5) is 0. The second-order valence-electron chi connectivity index (χ2n) is 21.2. The fourth-order valence-electron chi connectivity index (χ4n) is 10.1. The van der Waals surface area contributed by atoms with E-state index in [0.717, 1.165) is 25.9 Å². The van der Waals surface area contributed by atoms with Gasteiger partial charge >= 0.3 is 0 Å². The Morgan fingerprint density at radius 2 is 1.14 bits per heavy atom. The number of benzene rings is 4. The zero-order valence-electron chi connectivity index (χ0n) is 38.3. The first-order chi connectivity index (χ1) is 26.7. The molecule has 1 nitrogen and oxygen atoms in total. The predicted octanol–water partition coefficient (Wildman–Crippen LogP) is 16.3. The summed E-state index contributed by atoms with van der Waals surface area (Å²) in [6, 6.07) is 33.4. The molecule has 0 N–H and O–H groups in total. The molecule has 2 aliphatic rings. The van der Waals surface area contributed by atoms with Crippen LogP contribution in [-0.4, -0.2) is 20.3 Å². The van der Waals surface area contributed by atoms with E-state index < -0.39 is 8.07 Å². The van der Waals surface area contributed by atoms with Gasteiger partial charge in [0.2, 0.25) is 0 Å². The first kappa shape index (κ1) is 43.1. The van der Waals surface area contributed by atoms with Crippen LogP contribution in [0.15, 0.2) is 96.1 Å². The fraction of sp³-hybridized carbons (Fsp3) is 0.491. The van der Waals surface area contributed by atoms with Crippen molar-refractivity contribution < 1.29 is 4.74 Å². The van der Waals surface area contributed by atoms with Crippen LogP contribution in [0.5, 0.6) is 0 Å². The number of fused-ring (bicyclic) bond motifs is 2. The van der Waals surface area contributed by atoms with E-state index >= 15 is 0 Å². The summed E-state index contributed by atoms with van der Waals surface area (Å²) in [6.07, 6.45) is 9.70. The molecule has 2 atom stereocenters. The second-order valence-corrected chi connectivity index (χ2v) is 26.0. The molecule has 0 amide bonds. The maximum absolute atomic E-state index is 6.07. The minimum absolute atomic E-state index is 0.0642. The summed E-state index contributed by atoms with van der Waals surface area (Å²) in [7, 11) is -2.13. The van der Waals surface area contributed by atoms with Crippen LogP contribution >= 0.6 is 0 Å². The van der Waals surface area contributed by atoms with Crippen LogP contribution < -0.4 is 0 Å². The van der Waals surface area contributed by atoms with Gasteiger partial charge in [-0.2, -0.15) is 0 Å². The average molecular weight is 779 g/mol. The number of hydrogen-bond acceptors (Lipinski definition) is 1. The van der Waals surface area contributed by atoms with Gasteiger partial charge in [-0.1, -0.05) is 190 Å². The molecule has 0 aromatic heterocycles. The Kier molecular flexibility index (Phi) is 12.6. The lowest BCUT2D eigenvalue weighted by Crippen LogP contribution is -2.43. The maximum atomic E-state index is 6.07. The molecule has 6 rings (SSSR count). The summed E-state index contributed by atoms with van der Waals surface area (Å²) < 4.78 is 6.07. The normalized spacial score (nSPS) is 17.4. The molecule has 4 aromatic rings. The molecule has 0 bridgehead atoms. The van der Waals surface area contributed by atoms with Gasteiger partial charge in [0.25, 0.3) is 0 Å². The van der Waals surface area contributed by atoms with E-state index in [1.165, 1.54) is 58.2 Å². The van der Waals surface area contributed by atoms with Gasteiger partial charge < -0.3 is 4.74 Å². The van der Waals surface area contributed by atoms with Crippen molar-refractivity contribution in [2.75, 3.05) is 6.61 Å². The number of ether oxygens (including phenoxy) is 1. The van der Waals surface area contributed by atoms with Crippen LogP contribution in [0.4, 0.5) is 0 Å². The first-order valence-electron chi connectivity index (χ1n) is 22.3. The fourth-order valence-corrected chi connectivity index (χ4v) is 15.1. The smallest absolute Gasteiger partial charge is 0.0722 e. The maximum Gasteiger partial charge on any atom is 0.0722 e. The standard InChI is InChI=1S/C55H74OSi/c1-15-42-45(22-18-16-17-19-35-56-55(10,11)12)50-44(39-29-33-41(34-30-39)54(7,8)9)24-21-26-47(50)51(42)57(13,14)52-46-25-20-23-43(49(46)36-48(52)37(2)3)38-27-31-40(32-28-38)53(4,5)6/h20-21,23-34,36-37,51-52H,15-19,22,35H2,1-14H3. The predicted molar refractivity (Wildman–Crippen MR) is 253 cm³/mol. The first-order valence-corrected chi connectivity index (χ1v) is 25.4. The van der Waals surface area contributed by atoms with E-state index in [2.05, 4.69) is 187 Å². The third-order valence-electron chi connectivity index (χ3n) is 13.1. The quantitative estimate of drug-likeness (QED) is 0.0970. The molecule has 2 unspecified atom stereocenters. The lowest BCUT2D eigenvalue weighted by molar-refractivity contribution is -0.00473. The van der Waals surface area contributed by atoms with Gasteiger partial charge in [-0.05, 0) is 124 Å². The van der Waals surface area contributed by atoms with E-state index in [1.807, 2.05) is 0 Å². The third kappa shape index (κ3) is 9.08. The molecule has 304 valence electrons. The van der Waals surface area contributed by atoms with Crippen LogP contribution in [0.25, 0.3) is 33.9 Å². The van der Waals surface area contributed by atoms with Crippen molar-refractivity contribution in [1.82, 2.24) is 0 Å². The minimum atomic E-state index is -2.13. The molecular weight excluding hydrogens is 705 g/mol. The zero-order chi connectivity index (χ0) is 41.5. The number of unbranched alkanes of at least 4 members (excludes halogenated alkanes) is 3. The van der Waals surface area contributed by atoms with Crippen LogP contribution in [-0.2, 0) is 15.6 Å². The van der Waals surface area contributed by atoms with Gasteiger partial charge in [-0.25, -0.2) is 0 Å². The molecule has 4 aromatic carbocycles. The van der Waals surface area contributed by atoms with Crippen LogP contribution in [0.1, 0.15) is 166 Å². The zero-order valence-corrected chi connectivity index (χ0v) is 39.3. The monoisotopic (exact) mass is 779 g/mol. The molecule has 0 radical (unpaired) electrons. The topological polar surface area (TPSA) is 9.23 Å². The van der Waals surface area contributed by atoms with Gasteiger partial charge in [0.05, 0.1) is 13.7 Å². The highest BCUT2D eigenvalue weighted by molar-refractivity contribution is 6.82. The van der Waals surface area contributed by atoms with Crippen molar-refractivity contribution in [1.29, 1.82) is 0 Å². The number of rotatable bonds is 13. The lowest BCUT2D eigenvalue weighted by Gasteiger charge is -2.41. The van der Waals surface area contributed by atoms with E-state index in [4.69, 9.17) is 4.74 Å². The van der Waals surface area contributed by atoms with Crippen molar-refractivity contribution >= 4 is 19.7 Å². The molecule has 0 fully saturated rings. The van der Waals surface area contributed by atoms with Crippen LogP contribution in [0.2, 0.25) is 13.1 Å². The van der Waals surface area contributed by atoms with Crippen LogP contribution in [0.3, 0.4) is 0 Å². The van der Waals surface area contributed by atoms with Gasteiger partial charge in [0.15, 0.2) is 0 Å². The Balaban J connectivity index is 1.43. The molecule has 0 saturated carbocycles. The van der Waals surface area contributed by atoms with E-state index in [0.29, 0.717) is 17.0 Å². The third-order valence-corrected chi connectivity index (χ3v) is 17.3. The summed E-state index contributed by atoms with van der Waals surface area (Å²) in [5.74, 6) is 0.481. The lowest BCUT2D eigenvalue weighted by atomic mass is 9.85. The van der Waals surface area contributed by atoms with Gasteiger partial charge in [0, 0.05) is 17.7 Å². The summed E-state index contributed by atoms with van der Waals surface area (Å²) in [6.45, 7) is 34.0. The Hall–Kier alpha value is -3.46. The molecule has 0 spiro atoms. The summed E-state index contributed by atoms with van der Waals surface area (Å²) in [5.41, 5.74) is 20.6. The molecule has 57 heavy (non-hydrogen) atoms. The summed E-state index contributed by atoms with van der Waals surface area (Å²) in [5, 5.41) is 0. The van der Waals surface area contributed by atoms with Crippen molar-refractivity contribution in [2.24, 2.45) is 5.92 Å². The van der Waals surface area contributed by atoms with Crippen molar-refractivity contribution in [2.45, 2.75) is 162 Å². The molecule has 0 heterocycles. The van der Waals surface area contributed by atoms with Crippen molar-refractivity contribution in [3.05, 3.63) is 129 Å². The molecule has 0 aliphatic heterocycles. The second kappa shape index (κ2) is 16.7. The molecule has 0 saturated heterocycles. The molecule has 2 aliphatic carbocycles. The Bertz CT molecular complexity index is 2080. The van der Waals surface area contributed by atoms with Gasteiger partial charge in [0.1, 0.15) is 0 Å². The SMILES string of the molecule is CCC1=C(CCCCCCOC(C)(C)C)c2c(-c3ccc(C(C)(C)C)cc3)cccc2C1[Si](C)(C)C1C(C(C)C)=Cc2c(-c3ccc(C(C)(C)C)cc3)cccc21. The largest absolute Gasteiger partial charge is 0.376 e. The van der Waals surface area contributed by atoms with E-state index in [1.54, 1.807) is 33.4 Å². The van der Waals surface area contributed by atoms with Crippen molar-refractivity contribution in [3.8, 4) is 22.3 Å². The highest BCUT2D eigenvalue weighted by atomic mass is 28.3. The van der Waals surface area contributed by atoms with Gasteiger partial charge in [-0.3, -0.25) is 0 Å². The Labute approximate surface area is 349 Å². The number of hydrogen-bond donors (Lipinski definition) is 0. The van der Waals surface area contributed by atoms with Crippen LogP contribution in [0, 0.1) is 5.92 Å². The van der Waals surface area contributed by atoms with Gasteiger partial charge in [-0.15, -0.1) is 0 Å². The highest BCUT2D eigenvalue weighted by Gasteiger charge is 2.50. The summed E-state index contributed by atoms with van der Waals surface area (Å²) >= 11 is 0. The highest BCUT2D eigenvalue weighted by Crippen LogP contribution is 2.58. The minimum Gasteiger partial charge on any atom is -0.376 e. The van der Waals surface area contributed by atoms with E-state index in [9.17, 15) is 0 Å². The Morgan fingerprint density at radius 3 is 1.67 bits per heavy atom. The molecule has 2 heteroatoms. The number of allylic oxidation sites excluding steroid dienone is 3.